The van der Waals surface area contributed by atoms with Crippen LogP contribution in [0.4, 0.5) is 10.1 Å². The lowest BCUT2D eigenvalue weighted by Gasteiger charge is -2.13. The van der Waals surface area contributed by atoms with E-state index in [4.69, 9.17) is 26.7 Å². The van der Waals surface area contributed by atoms with Gasteiger partial charge in [-0.1, -0.05) is 17.7 Å². The summed E-state index contributed by atoms with van der Waals surface area (Å²) in [5.74, 6) is -1.73. The molecule has 0 aliphatic rings. The Balaban J connectivity index is 1.82. The zero-order chi connectivity index (χ0) is 24.3. The van der Waals surface area contributed by atoms with Gasteiger partial charge in [-0.25, -0.2) is 22.9 Å². The molecule has 0 bridgehead atoms. The summed E-state index contributed by atoms with van der Waals surface area (Å²) < 4.78 is 43.5. The molecule has 3 rings (SSSR count). The molecule has 0 saturated heterocycles. The summed E-state index contributed by atoms with van der Waals surface area (Å²) >= 11 is 6.09. The number of hydrogen-bond acceptors (Lipinski definition) is 6. The van der Waals surface area contributed by atoms with Gasteiger partial charge in [-0.2, -0.15) is 5.26 Å². The molecule has 0 saturated carbocycles. The van der Waals surface area contributed by atoms with Crippen LogP contribution in [0.5, 0.6) is 11.6 Å². The minimum atomic E-state index is -3.88. The van der Waals surface area contributed by atoms with Crippen LogP contribution in [0, 0.1) is 31.0 Å². The average molecular weight is 489 g/mol. The first-order valence-electron chi connectivity index (χ1n) is 9.44. The van der Waals surface area contributed by atoms with E-state index in [-0.39, 0.29) is 39.1 Å². The van der Waals surface area contributed by atoms with Gasteiger partial charge in [0.15, 0.2) is 11.6 Å². The third-order valence-electron chi connectivity index (χ3n) is 4.55. The normalized spacial score (nSPS) is 11.0. The minimum absolute atomic E-state index is 0.0128. The number of nitrogens with two attached hydrogens (primary N) is 1. The number of nitrogens with one attached hydrogen (secondary N) is 1. The van der Waals surface area contributed by atoms with E-state index in [0.29, 0.717) is 16.9 Å². The first kappa shape index (κ1) is 24.1. The number of ether oxygens (including phenoxy) is 1. The highest BCUT2D eigenvalue weighted by molar-refractivity contribution is 7.89. The fraction of sp³-hybridized carbons (Fsp3) is 0.136. The second kappa shape index (κ2) is 9.54. The third kappa shape index (κ3) is 5.84. The number of nitrogens with zero attached hydrogens (tertiary/aromatic N) is 2. The van der Waals surface area contributed by atoms with Crippen LogP contribution in [0.3, 0.4) is 0 Å². The number of rotatable bonds is 6. The highest BCUT2D eigenvalue weighted by Crippen LogP contribution is 2.34. The Bertz CT molecular complexity index is 1400. The number of primary sulfonamides is 1. The lowest BCUT2D eigenvalue weighted by molar-refractivity contribution is -0.115. The predicted octanol–water partition coefficient (Wildman–Crippen LogP) is 3.98. The Kier molecular flexibility index (Phi) is 6.98. The number of anilines is 1. The largest absolute Gasteiger partial charge is 0.434 e. The van der Waals surface area contributed by atoms with E-state index in [1.165, 1.54) is 36.4 Å². The van der Waals surface area contributed by atoms with Crippen LogP contribution < -0.4 is 15.2 Å². The van der Waals surface area contributed by atoms with Crippen LogP contribution in [0.2, 0.25) is 5.02 Å². The van der Waals surface area contributed by atoms with Crippen LogP contribution in [-0.4, -0.2) is 19.3 Å². The van der Waals surface area contributed by atoms with Crippen LogP contribution in [0.15, 0.2) is 47.4 Å². The maximum atomic E-state index is 15.1. The van der Waals surface area contributed by atoms with Gasteiger partial charge < -0.3 is 10.1 Å². The van der Waals surface area contributed by atoms with E-state index in [1.54, 1.807) is 19.9 Å². The highest BCUT2D eigenvalue weighted by Gasteiger charge is 2.19. The van der Waals surface area contributed by atoms with Gasteiger partial charge in [0.25, 0.3) is 0 Å². The number of benzene rings is 2. The molecule has 0 atom stereocenters. The molecule has 1 heterocycles. The van der Waals surface area contributed by atoms with Crippen molar-refractivity contribution in [3.63, 3.8) is 0 Å². The van der Waals surface area contributed by atoms with Crippen molar-refractivity contribution in [3.8, 4) is 17.7 Å². The summed E-state index contributed by atoms with van der Waals surface area (Å²) in [6.07, 6.45) is -0.347. The van der Waals surface area contributed by atoms with E-state index >= 15 is 4.39 Å². The number of amides is 1. The summed E-state index contributed by atoms with van der Waals surface area (Å²) in [5.41, 5.74) is 1.62. The Hall–Kier alpha value is -3.52. The number of aromatic nitrogens is 1. The van der Waals surface area contributed by atoms with Crippen LogP contribution in [0.1, 0.15) is 22.4 Å². The van der Waals surface area contributed by atoms with Gasteiger partial charge in [-0.3, -0.25) is 4.79 Å². The molecule has 0 radical (unpaired) electrons. The number of sulfonamides is 1. The number of pyridine rings is 1. The monoisotopic (exact) mass is 488 g/mol. The molecule has 3 N–H and O–H groups in total. The highest BCUT2D eigenvalue weighted by atomic mass is 35.5. The maximum absolute atomic E-state index is 15.1. The second-order valence-electron chi connectivity index (χ2n) is 7.15. The van der Waals surface area contributed by atoms with E-state index in [0.717, 1.165) is 0 Å². The molecular formula is C22H18ClFN4O4S. The molecule has 1 amide bonds. The number of halogens is 2. The van der Waals surface area contributed by atoms with E-state index in [1.807, 2.05) is 6.07 Å². The first-order valence-corrected chi connectivity index (χ1v) is 11.4. The summed E-state index contributed by atoms with van der Waals surface area (Å²) in [4.78, 5) is 16.5. The smallest absolute Gasteiger partial charge is 0.238 e. The molecule has 0 unspecified atom stereocenters. The molecular weight excluding hydrogens is 471 g/mol. The fourth-order valence-electron chi connectivity index (χ4n) is 2.98. The Morgan fingerprint density at radius 2 is 1.97 bits per heavy atom. The van der Waals surface area contributed by atoms with Crippen molar-refractivity contribution in [2.45, 2.75) is 25.2 Å². The average Bonchev–Trinajstić information content (AvgIpc) is 2.73. The number of nitriles is 1. The van der Waals surface area contributed by atoms with Crippen molar-refractivity contribution < 1.29 is 22.3 Å². The first-order chi connectivity index (χ1) is 15.5. The van der Waals surface area contributed by atoms with E-state index < -0.39 is 21.7 Å². The summed E-state index contributed by atoms with van der Waals surface area (Å²) in [6, 6.07) is 11.6. The van der Waals surface area contributed by atoms with Gasteiger partial charge in [-0.15, -0.1) is 0 Å². The number of carbonyl (C=O) groups excluding carboxylic acids is 1. The maximum Gasteiger partial charge on any atom is 0.238 e. The number of hydrogen-bond donors (Lipinski definition) is 2. The SMILES string of the molecule is Cc1cc(C#N)cc(Oc2c(Cl)ccc(CC(=O)Nc3ccc(S(N)(=O)=O)cc3C)c2F)n1. The quantitative estimate of drug-likeness (QED) is 0.538. The summed E-state index contributed by atoms with van der Waals surface area (Å²) in [7, 11) is -3.88. The summed E-state index contributed by atoms with van der Waals surface area (Å²) in [6.45, 7) is 3.26. The summed E-state index contributed by atoms with van der Waals surface area (Å²) in [5, 5.41) is 16.8. The molecule has 0 fully saturated rings. The molecule has 0 spiro atoms. The third-order valence-corrected chi connectivity index (χ3v) is 5.75. The zero-order valence-corrected chi connectivity index (χ0v) is 19.1. The van der Waals surface area contributed by atoms with Gasteiger partial charge in [0.1, 0.15) is 0 Å². The molecule has 170 valence electrons. The van der Waals surface area contributed by atoms with Crippen molar-refractivity contribution in [2.75, 3.05) is 5.32 Å². The van der Waals surface area contributed by atoms with Gasteiger partial charge in [0.05, 0.1) is 28.0 Å². The fourth-order valence-corrected chi connectivity index (χ4v) is 3.77. The van der Waals surface area contributed by atoms with E-state index in [9.17, 15) is 13.2 Å². The number of aryl methyl sites for hydroxylation is 2. The predicted molar refractivity (Wildman–Crippen MR) is 120 cm³/mol. The van der Waals surface area contributed by atoms with Crippen LogP contribution in [-0.2, 0) is 21.2 Å². The van der Waals surface area contributed by atoms with Crippen molar-refractivity contribution >= 4 is 33.2 Å². The van der Waals surface area contributed by atoms with Crippen molar-refractivity contribution in [3.05, 3.63) is 75.7 Å². The van der Waals surface area contributed by atoms with Crippen molar-refractivity contribution in [2.24, 2.45) is 5.14 Å². The van der Waals surface area contributed by atoms with Crippen LogP contribution >= 0.6 is 11.6 Å². The minimum Gasteiger partial charge on any atom is -0.434 e. The van der Waals surface area contributed by atoms with Gasteiger partial charge in [-0.05, 0) is 49.7 Å². The topological polar surface area (TPSA) is 135 Å². The molecule has 1 aromatic heterocycles. The molecule has 33 heavy (non-hydrogen) atoms. The molecule has 11 heteroatoms. The van der Waals surface area contributed by atoms with Gasteiger partial charge in [0, 0.05) is 23.0 Å². The lowest BCUT2D eigenvalue weighted by atomic mass is 10.1. The van der Waals surface area contributed by atoms with Crippen molar-refractivity contribution in [1.82, 2.24) is 4.98 Å². The van der Waals surface area contributed by atoms with E-state index in [2.05, 4.69) is 10.3 Å². The van der Waals surface area contributed by atoms with Crippen molar-refractivity contribution in [1.29, 1.82) is 5.26 Å². The molecule has 0 aliphatic heterocycles. The standard InChI is InChI=1S/C22H18ClFN4O4S/c1-12-7-16(33(26,30)31)4-6-18(12)28-19(29)10-15-3-5-17(23)22(21(15)24)32-20-9-14(11-25)8-13(2)27-20/h3-9H,10H2,1-2H3,(H,28,29)(H2,26,30,31). The molecule has 0 aliphatic carbocycles. The Morgan fingerprint density at radius 3 is 2.61 bits per heavy atom. The Labute approximate surface area is 194 Å². The molecule has 2 aromatic carbocycles. The Morgan fingerprint density at radius 1 is 1.24 bits per heavy atom. The molecule has 8 nitrogen and oxygen atoms in total. The number of carbonyl (C=O) groups is 1. The van der Waals surface area contributed by atoms with Gasteiger partial charge in [0.2, 0.25) is 21.8 Å². The lowest BCUT2D eigenvalue weighted by Crippen LogP contribution is -2.17. The zero-order valence-electron chi connectivity index (χ0n) is 17.5. The van der Waals surface area contributed by atoms with Crippen LogP contribution in [0.25, 0.3) is 0 Å². The second-order valence-corrected chi connectivity index (χ2v) is 9.11. The van der Waals surface area contributed by atoms with Gasteiger partial charge >= 0.3 is 0 Å². The molecule has 3 aromatic rings.